The first-order valence-corrected chi connectivity index (χ1v) is 10.5. The minimum atomic E-state index is -0.766. The van der Waals surface area contributed by atoms with E-state index in [0.29, 0.717) is 19.4 Å². The zero-order valence-corrected chi connectivity index (χ0v) is 16.7. The van der Waals surface area contributed by atoms with Gasteiger partial charge in [0.25, 0.3) is 0 Å². The van der Waals surface area contributed by atoms with Gasteiger partial charge >= 0.3 is 0 Å². The van der Waals surface area contributed by atoms with Gasteiger partial charge in [0, 0.05) is 28.2 Å². The van der Waals surface area contributed by atoms with Crippen molar-refractivity contribution in [1.29, 1.82) is 0 Å². The van der Waals surface area contributed by atoms with Gasteiger partial charge in [0.1, 0.15) is 0 Å². The maximum atomic E-state index is 10.3. The van der Waals surface area contributed by atoms with Gasteiger partial charge in [-0.25, -0.2) is 0 Å². The molecule has 4 heteroatoms. The van der Waals surface area contributed by atoms with E-state index in [1.54, 1.807) is 0 Å². The average molecular weight is 373 g/mol. The molecule has 1 aromatic carbocycles. The van der Waals surface area contributed by atoms with Gasteiger partial charge in [-0.15, -0.1) is 11.3 Å². The summed E-state index contributed by atoms with van der Waals surface area (Å²) in [4.78, 5) is 2.87. The van der Waals surface area contributed by atoms with E-state index < -0.39 is 5.79 Å². The highest BCUT2D eigenvalue weighted by Gasteiger charge is 2.47. The molecule has 2 aliphatic rings. The zero-order valence-electron chi connectivity index (χ0n) is 15.9. The van der Waals surface area contributed by atoms with E-state index in [9.17, 15) is 5.11 Å². The molecule has 0 aliphatic carbocycles. The van der Waals surface area contributed by atoms with Crippen LogP contribution in [0.3, 0.4) is 0 Å². The van der Waals surface area contributed by atoms with Crippen LogP contribution in [0.25, 0.3) is 0 Å². The van der Waals surface area contributed by atoms with Crippen molar-refractivity contribution in [3.8, 4) is 0 Å². The molecule has 2 aromatic rings. The van der Waals surface area contributed by atoms with Crippen LogP contribution in [0.15, 0.2) is 24.3 Å². The lowest BCUT2D eigenvalue weighted by molar-refractivity contribution is -0.295. The van der Waals surface area contributed by atoms with Crippen molar-refractivity contribution in [1.82, 2.24) is 0 Å². The first-order chi connectivity index (χ1) is 12.5. The molecule has 3 heterocycles. The van der Waals surface area contributed by atoms with E-state index in [4.69, 9.17) is 9.47 Å². The lowest BCUT2D eigenvalue weighted by atomic mass is 9.89. The number of hydrogen-bond acceptors (Lipinski definition) is 4. The number of hydrogen-bond donors (Lipinski definition) is 1. The number of rotatable bonds is 4. The van der Waals surface area contributed by atoms with Gasteiger partial charge in [0.15, 0.2) is 5.79 Å². The third kappa shape index (κ3) is 3.36. The van der Waals surface area contributed by atoms with Crippen LogP contribution in [0, 0.1) is 6.92 Å². The second-order valence-corrected chi connectivity index (χ2v) is 9.05. The molecule has 1 saturated heterocycles. The second kappa shape index (κ2) is 7.08. The first kappa shape index (κ1) is 18.2. The molecule has 0 bridgehead atoms. The smallest absolute Gasteiger partial charge is 0.198 e. The summed E-state index contributed by atoms with van der Waals surface area (Å²) in [6.07, 6.45) is 4.12. The molecule has 0 amide bonds. The van der Waals surface area contributed by atoms with Crippen LogP contribution in [0.2, 0.25) is 0 Å². The van der Waals surface area contributed by atoms with Gasteiger partial charge < -0.3 is 14.6 Å². The second-order valence-electron chi connectivity index (χ2n) is 7.79. The van der Waals surface area contributed by atoms with Crippen molar-refractivity contribution < 1.29 is 14.6 Å². The lowest BCUT2D eigenvalue weighted by Gasteiger charge is -2.39. The number of benzene rings is 1. The van der Waals surface area contributed by atoms with Crippen molar-refractivity contribution in [2.75, 3.05) is 0 Å². The van der Waals surface area contributed by atoms with Gasteiger partial charge in [-0.05, 0) is 61.6 Å². The fraction of sp³-hybridized carbons (Fsp3) is 0.545. The van der Waals surface area contributed by atoms with Crippen molar-refractivity contribution in [3.63, 3.8) is 0 Å². The number of thiophene rings is 1. The van der Waals surface area contributed by atoms with Crippen LogP contribution in [-0.2, 0) is 34.7 Å². The summed E-state index contributed by atoms with van der Waals surface area (Å²) in [6.45, 7) is 6.99. The summed E-state index contributed by atoms with van der Waals surface area (Å²) in [6, 6.07) is 9.03. The fourth-order valence-electron chi connectivity index (χ4n) is 4.30. The Morgan fingerprint density at radius 1 is 1.27 bits per heavy atom. The summed E-state index contributed by atoms with van der Waals surface area (Å²) in [5, 5.41) is 10.3. The lowest BCUT2D eigenvalue weighted by Crippen LogP contribution is -2.43. The Morgan fingerprint density at radius 2 is 2.08 bits per heavy atom. The average Bonchev–Trinajstić information content (AvgIpc) is 3.13. The summed E-state index contributed by atoms with van der Waals surface area (Å²) >= 11 is 1.92. The number of fused-ring (bicyclic) bond motifs is 2. The predicted molar refractivity (Wildman–Crippen MR) is 105 cm³/mol. The molecule has 26 heavy (non-hydrogen) atoms. The third-order valence-corrected chi connectivity index (χ3v) is 6.66. The largest absolute Gasteiger partial charge is 0.393 e. The minimum absolute atomic E-state index is 0.00310. The standard InChI is InChI=1S/C22H28O3S/c1-4-5-19-6-7-20(26-19)10-16-11-21-17(8-14(16)2)13-24-22(21)12-18(23)9-15(3)25-22/h6-8,11,15,18,23H,4-5,9-10,12-13H2,1-3H3/t15?,18?,22-/m1/s1. The molecule has 1 N–H and O–H groups in total. The van der Waals surface area contributed by atoms with Crippen LogP contribution < -0.4 is 0 Å². The van der Waals surface area contributed by atoms with Crippen LogP contribution in [0.5, 0.6) is 0 Å². The van der Waals surface area contributed by atoms with E-state index >= 15 is 0 Å². The Hall–Kier alpha value is -1.20. The Balaban J connectivity index is 1.65. The molecule has 0 radical (unpaired) electrons. The third-order valence-electron chi connectivity index (χ3n) is 5.51. The Labute approximate surface area is 160 Å². The number of aliphatic hydroxyl groups excluding tert-OH is 1. The molecular formula is C22H28O3S. The summed E-state index contributed by atoms with van der Waals surface area (Å²) in [5.74, 6) is -0.766. The highest BCUT2D eigenvalue weighted by molar-refractivity contribution is 7.12. The van der Waals surface area contributed by atoms with Crippen LogP contribution >= 0.6 is 11.3 Å². The maximum Gasteiger partial charge on any atom is 0.198 e. The molecular weight excluding hydrogens is 344 g/mol. The zero-order chi connectivity index (χ0) is 18.3. The van der Waals surface area contributed by atoms with Crippen molar-refractivity contribution in [3.05, 3.63) is 56.3 Å². The van der Waals surface area contributed by atoms with E-state index in [-0.39, 0.29) is 12.2 Å². The number of aliphatic hydroxyl groups is 1. The topological polar surface area (TPSA) is 38.7 Å². The monoisotopic (exact) mass is 372 g/mol. The number of aryl methyl sites for hydroxylation is 2. The molecule has 1 aromatic heterocycles. The normalized spacial score (nSPS) is 27.8. The predicted octanol–water partition coefficient (Wildman–Crippen LogP) is 4.84. The van der Waals surface area contributed by atoms with E-state index in [1.165, 1.54) is 32.9 Å². The van der Waals surface area contributed by atoms with Crippen molar-refractivity contribution >= 4 is 11.3 Å². The summed E-state index contributed by atoms with van der Waals surface area (Å²) in [5.41, 5.74) is 4.95. The quantitative estimate of drug-likeness (QED) is 0.834. The molecule has 0 saturated carbocycles. The van der Waals surface area contributed by atoms with Gasteiger partial charge in [-0.2, -0.15) is 0 Å². The van der Waals surface area contributed by atoms with Gasteiger partial charge in [0.2, 0.25) is 0 Å². The van der Waals surface area contributed by atoms with E-state index in [0.717, 1.165) is 18.4 Å². The summed E-state index contributed by atoms with van der Waals surface area (Å²) < 4.78 is 12.3. The molecule has 2 aliphatic heterocycles. The van der Waals surface area contributed by atoms with Crippen LogP contribution in [-0.4, -0.2) is 17.3 Å². The highest BCUT2D eigenvalue weighted by atomic mass is 32.1. The molecule has 3 nitrogen and oxygen atoms in total. The summed E-state index contributed by atoms with van der Waals surface area (Å²) in [7, 11) is 0. The molecule has 140 valence electrons. The minimum Gasteiger partial charge on any atom is -0.393 e. The first-order valence-electron chi connectivity index (χ1n) is 9.69. The van der Waals surface area contributed by atoms with E-state index in [2.05, 4.69) is 38.1 Å². The SMILES string of the molecule is CCCc1ccc(Cc2cc3c(cc2C)CO[C@@]32CC(O)CC(C)O2)s1. The van der Waals surface area contributed by atoms with Gasteiger partial charge in [-0.3, -0.25) is 0 Å². The number of ether oxygens (including phenoxy) is 2. The van der Waals surface area contributed by atoms with Crippen molar-refractivity contribution in [2.24, 2.45) is 0 Å². The molecule has 1 fully saturated rings. The molecule has 3 atom stereocenters. The Morgan fingerprint density at radius 3 is 2.85 bits per heavy atom. The molecule has 1 spiro atoms. The Bertz CT molecular complexity index is 785. The molecule has 4 rings (SSSR count). The molecule has 2 unspecified atom stereocenters. The fourth-order valence-corrected chi connectivity index (χ4v) is 5.44. The van der Waals surface area contributed by atoms with Gasteiger partial charge in [-0.1, -0.05) is 19.4 Å². The van der Waals surface area contributed by atoms with Gasteiger partial charge in [0.05, 0.1) is 18.8 Å². The van der Waals surface area contributed by atoms with E-state index in [1.807, 2.05) is 18.3 Å². The van der Waals surface area contributed by atoms with Crippen LogP contribution in [0.4, 0.5) is 0 Å². The maximum absolute atomic E-state index is 10.3. The highest BCUT2D eigenvalue weighted by Crippen LogP contribution is 2.46. The Kier molecular flexibility index (Phi) is 4.95. The van der Waals surface area contributed by atoms with Crippen LogP contribution in [0.1, 0.15) is 65.1 Å². The van der Waals surface area contributed by atoms with Crippen molar-refractivity contribution in [2.45, 2.75) is 77.5 Å².